The lowest BCUT2D eigenvalue weighted by atomic mass is 9.81. The molecule has 0 saturated carbocycles. The molecule has 7 nitrogen and oxygen atoms in total. The molecule has 8 heteroatoms. The van der Waals surface area contributed by atoms with Gasteiger partial charge in [0.25, 0.3) is 5.56 Å². The summed E-state index contributed by atoms with van der Waals surface area (Å²) in [5.74, 6) is -0.0272. The number of nitrogens with two attached hydrogens (primary N) is 1. The lowest BCUT2D eigenvalue weighted by Gasteiger charge is -2.26. The van der Waals surface area contributed by atoms with Gasteiger partial charge in [-0.25, -0.2) is 8.91 Å². The molecule has 0 aliphatic carbocycles. The molecule has 22 heavy (non-hydrogen) atoms. The second-order valence-electron chi connectivity index (χ2n) is 6.31. The van der Waals surface area contributed by atoms with Gasteiger partial charge in [-0.3, -0.25) is 9.78 Å². The second kappa shape index (κ2) is 4.79. The van der Waals surface area contributed by atoms with Crippen molar-refractivity contribution in [3.05, 3.63) is 27.7 Å². The molecule has 2 aromatic heterocycles. The van der Waals surface area contributed by atoms with Crippen molar-refractivity contribution in [2.45, 2.75) is 39.2 Å². The van der Waals surface area contributed by atoms with Crippen LogP contribution in [0.4, 0.5) is 10.3 Å². The number of anilines is 1. The van der Waals surface area contributed by atoms with Gasteiger partial charge in [0, 0.05) is 5.41 Å². The number of aryl methyl sites for hydroxylation is 1. The van der Waals surface area contributed by atoms with E-state index in [2.05, 4.69) is 10.1 Å². The molecule has 3 atom stereocenters. The number of aliphatic hydroxyl groups is 1. The smallest absolute Gasteiger partial charge is 0.276 e. The molecule has 0 unspecified atom stereocenters. The minimum absolute atomic E-state index is 0.0272. The van der Waals surface area contributed by atoms with Gasteiger partial charge >= 0.3 is 0 Å². The van der Waals surface area contributed by atoms with E-state index in [1.165, 1.54) is 4.52 Å². The summed E-state index contributed by atoms with van der Waals surface area (Å²) in [7, 11) is 0. The van der Waals surface area contributed by atoms with Crippen LogP contribution in [0.15, 0.2) is 10.9 Å². The van der Waals surface area contributed by atoms with Crippen LogP contribution in [0.1, 0.15) is 31.2 Å². The van der Waals surface area contributed by atoms with E-state index in [4.69, 9.17) is 10.5 Å². The summed E-state index contributed by atoms with van der Waals surface area (Å²) in [4.78, 5) is 14.5. The Labute approximate surface area is 125 Å². The zero-order valence-corrected chi connectivity index (χ0v) is 12.6. The highest BCUT2D eigenvalue weighted by molar-refractivity contribution is 5.55. The quantitative estimate of drug-likeness (QED) is 0.757. The van der Waals surface area contributed by atoms with Crippen molar-refractivity contribution in [2.75, 3.05) is 12.3 Å². The number of aliphatic hydroxyl groups excluding tert-OH is 1. The average molecular weight is 310 g/mol. The first-order valence-electron chi connectivity index (χ1n) is 7.05. The number of H-pyrrole nitrogens is 1. The van der Waals surface area contributed by atoms with Gasteiger partial charge in [0.2, 0.25) is 5.95 Å². The van der Waals surface area contributed by atoms with Crippen molar-refractivity contribution in [1.29, 1.82) is 0 Å². The summed E-state index contributed by atoms with van der Waals surface area (Å²) in [6, 6.07) is 1.75. The predicted molar refractivity (Wildman–Crippen MR) is 78.3 cm³/mol. The summed E-state index contributed by atoms with van der Waals surface area (Å²) < 4.78 is 21.6. The number of halogens is 1. The third kappa shape index (κ3) is 1.94. The van der Waals surface area contributed by atoms with E-state index in [-0.39, 0.29) is 11.5 Å². The molecule has 1 aliphatic rings. The minimum Gasteiger partial charge on any atom is -0.394 e. The number of alkyl halides is 1. The third-order valence-corrected chi connectivity index (χ3v) is 4.33. The van der Waals surface area contributed by atoms with Gasteiger partial charge in [0.15, 0.2) is 0 Å². The second-order valence-corrected chi connectivity index (χ2v) is 6.31. The molecule has 2 aromatic rings. The molecular formula is C14H19FN4O3. The molecule has 0 spiro atoms. The fraction of sp³-hybridized carbons (Fsp3) is 0.571. The van der Waals surface area contributed by atoms with E-state index in [1.807, 2.05) is 0 Å². The van der Waals surface area contributed by atoms with E-state index in [0.717, 1.165) is 0 Å². The van der Waals surface area contributed by atoms with E-state index < -0.39 is 30.4 Å². The molecule has 0 radical (unpaired) electrons. The molecule has 1 aliphatic heterocycles. The number of nitrogens with zero attached hydrogens (tertiary/aromatic N) is 2. The maximum absolute atomic E-state index is 14.5. The Kier molecular flexibility index (Phi) is 3.26. The number of aromatic nitrogens is 3. The Bertz CT molecular complexity index is 782. The van der Waals surface area contributed by atoms with Gasteiger partial charge in [0.1, 0.15) is 23.9 Å². The zero-order chi connectivity index (χ0) is 16.2. The number of fused-ring (bicyclic) bond motifs is 1. The molecule has 0 bridgehead atoms. The lowest BCUT2D eigenvalue weighted by Crippen LogP contribution is -2.31. The summed E-state index contributed by atoms with van der Waals surface area (Å²) in [5.41, 5.74) is 5.98. The number of nitrogen functional groups attached to an aromatic ring is 1. The fourth-order valence-corrected chi connectivity index (χ4v) is 3.15. The predicted octanol–water partition coefficient (Wildman–Crippen LogP) is 0.710. The van der Waals surface area contributed by atoms with Crippen molar-refractivity contribution in [2.24, 2.45) is 5.41 Å². The average Bonchev–Trinajstić information content (AvgIpc) is 2.86. The van der Waals surface area contributed by atoms with Crippen molar-refractivity contribution in [3.8, 4) is 0 Å². The zero-order valence-electron chi connectivity index (χ0n) is 12.6. The number of nitrogens with one attached hydrogen (secondary N) is 1. The van der Waals surface area contributed by atoms with Crippen LogP contribution in [0.3, 0.4) is 0 Å². The standard InChI is InChI=1S/C14H19FN4O3/c1-6-4-7(19-9(6)12(21)17-13(16)18-19)11-14(2,3)10(15)8(5-20)22-11/h4,8,10-11,20H,5H2,1-3H3,(H3,16,17,18,21)/t8-,10-,11+/m1/s1. The van der Waals surface area contributed by atoms with E-state index in [0.29, 0.717) is 16.8 Å². The monoisotopic (exact) mass is 310 g/mol. The van der Waals surface area contributed by atoms with E-state index in [1.54, 1.807) is 26.8 Å². The number of aromatic amines is 1. The summed E-state index contributed by atoms with van der Waals surface area (Å²) in [6.07, 6.45) is -2.87. The van der Waals surface area contributed by atoms with Gasteiger partial charge in [0.05, 0.1) is 12.3 Å². The molecule has 1 saturated heterocycles. The van der Waals surface area contributed by atoms with Crippen LogP contribution in [-0.4, -0.2) is 38.6 Å². The van der Waals surface area contributed by atoms with Gasteiger partial charge in [-0.15, -0.1) is 5.10 Å². The topological polar surface area (TPSA) is 106 Å². The van der Waals surface area contributed by atoms with Crippen molar-refractivity contribution >= 4 is 11.5 Å². The number of ether oxygens (including phenoxy) is 1. The first kappa shape index (κ1) is 15.0. The molecule has 1 fully saturated rings. The molecular weight excluding hydrogens is 291 g/mol. The lowest BCUT2D eigenvalue weighted by molar-refractivity contribution is -0.0142. The highest BCUT2D eigenvalue weighted by Gasteiger charge is 2.52. The van der Waals surface area contributed by atoms with Crippen LogP contribution in [0.5, 0.6) is 0 Å². The van der Waals surface area contributed by atoms with Crippen molar-refractivity contribution in [1.82, 2.24) is 14.6 Å². The molecule has 3 heterocycles. The summed E-state index contributed by atoms with van der Waals surface area (Å²) >= 11 is 0. The Balaban J connectivity index is 2.21. The SMILES string of the molecule is Cc1cc([C@@H]2O[C@H](CO)[C@@H](F)C2(C)C)n2nc(N)[nH]c(=O)c12. The van der Waals surface area contributed by atoms with Crippen LogP contribution < -0.4 is 11.3 Å². The number of hydrogen-bond acceptors (Lipinski definition) is 5. The van der Waals surface area contributed by atoms with Crippen LogP contribution in [0.25, 0.3) is 5.52 Å². The Morgan fingerprint density at radius 2 is 2.27 bits per heavy atom. The Hall–Kier alpha value is -1.93. The van der Waals surface area contributed by atoms with E-state index in [9.17, 15) is 14.3 Å². The molecule has 120 valence electrons. The maximum atomic E-state index is 14.5. The van der Waals surface area contributed by atoms with Gasteiger partial charge in [-0.2, -0.15) is 0 Å². The van der Waals surface area contributed by atoms with Crippen LogP contribution in [0, 0.1) is 12.3 Å². The third-order valence-electron chi connectivity index (χ3n) is 4.33. The van der Waals surface area contributed by atoms with Crippen LogP contribution in [0.2, 0.25) is 0 Å². The molecule has 0 aromatic carbocycles. The number of hydrogen-bond donors (Lipinski definition) is 3. The summed E-state index contributed by atoms with van der Waals surface area (Å²) in [6.45, 7) is 4.82. The normalized spacial score (nSPS) is 27.6. The highest BCUT2D eigenvalue weighted by Crippen LogP contribution is 2.49. The minimum atomic E-state index is -1.33. The molecule has 3 rings (SSSR count). The first-order chi connectivity index (χ1) is 10.3. The fourth-order valence-electron chi connectivity index (χ4n) is 3.15. The van der Waals surface area contributed by atoms with E-state index >= 15 is 0 Å². The maximum Gasteiger partial charge on any atom is 0.276 e. The van der Waals surface area contributed by atoms with Crippen molar-refractivity contribution < 1.29 is 14.2 Å². The van der Waals surface area contributed by atoms with Gasteiger partial charge < -0.3 is 15.6 Å². The van der Waals surface area contributed by atoms with Gasteiger partial charge in [-0.1, -0.05) is 13.8 Å². The Morgan fingerprint density at radius 3 is 2.86 bits per heavy atom. The largest absolute Gasteiger partial charge is 0.394 e. The highest BCUT2D eigenvalue weighted by atomic mass is 19.1. The molecule has 0 amide bonds. The van der Waals surface area contributed by atoms with Crippen LogP contribution >= 0.6 is 0 Å². The summed E-state index contributed by atoms with van der Waals surface area (Å²) in [5, 5.41) is 13.4. The molecule has 4 N–H and O–H groups in total. The van der Waals surface area contributed by atoms with Crippen molar-refractivity contribution in [3.63, 3.8) is 0 Å². The first-order valence-corrected chi connectivity index (χ1v) is 7.05. The van der Waals surface area contributed by atoms with Crippen LogP contribution in [-0.2, 0) is 4.74 Å². The Morgan fingerprint density at radius 1 is 1.59 bits per heavy atom. The van der Waals surface area contributed by atoms with Gasteiger partial charge in [-0.05, 0) is 18.6 Å². The number of rotatable bonds is 2.